The minimum absolute atomic E-state index is 0.665. The van der Waals surface area contributed by atoms with E-state index in [2.05, 4.69) is 46.4 Å². The number of rotatable bonds is 5. The molecule has 1 saturated heterocycles. The molecule has 1 aliphatic heterocycles. The van der Waals surface area contributed by atoms with Crippen molar-refractivity contribution in [3.63, 3.8) is 0 Å². The molecule has 1 aliphatic rings. The van der Waals surface area contributed by atoms with Gasteiger partial charge in [-0.15, -0.1) is 0 Å². The van der Waals surface area contributed by atoms with E-state index >= 15 is 0 Å². The normalized spacial score (nSPS) is 16.3. The van der Waals surface area contributed by atoms with Crippen LogP contribution in [0.5, 0.6) is 0 Å². The van der Waals surface area contributed by atoms with Gasteiger partial charge < -0.3 is 15.2 Å². The lowest BCUT2D eigenvalue weighted by Gasteiger charge is -2.32. The van der Waals surface area contributed by atoms with Gasteiger partial charge in [-0.25, -0.2) is 0 Å². The molecule has 4 rings (SSSR count). The predicted octanol–water partition coefficient (Wildman–Crippen LogP) is 5.20. The molecule has 2 heterocycles. The average molecular weight is 382 g/mol. The lowest BCUT2D eigenvalue weighted by Crippen LogP contribution is -2.37. The van der Waals surface area contributed by atoms with Gasteiger partial charge in [0.2, 0.25) is 0 Å². The summed E-state index contributed by atoms with van der Waals surface area (Å²) in [5, 5.41) is 5.36. The summed E-state index contributed by atoms with van der Waals surface area (Å²) in [6, 6.07) is 15.0. The molecule has 0 spiro atoms. The molecule has 0 bridgehead atoms. The molecule has 0 unspecified atom stereocenters. The van der Waals surface area contributed by atoms with Gasteiger partial charge in [-0.3, -0.25) is 0 Å². The number of aryl methyl sites for hydroxylation is 1. The van der Waals surface area contributed by atoms with Gasteiger partial charge in [-0.2, -0.15) is 0 Å². The monoisotopic (exact) mass is 381 g/mol. The van der Waals surface area contributed by atoms with Crippen molar-refractivity contribution < 1.29 is 0 Å². The van der Waals surface area contributed by atoms with Crippen molar-refractivity contribution >= 4 is 22.5 Å². The fourth-order valence-corrected chi connectivity index (χ4v) is 4.52. The molecule has 0 atom stereocenters. The highest BCUT2D eigenvalue weighted by atomic mass is 35.5. The maximum atomic E-state index is 6.43. The van der Waals surface area contributed by atoms with Crippen LogP contribution in [0, 0.1) is 6.92 Å². The quantitative estimate of drug-likeness (QED) is 0.636. The summed E-state index contributed by atoms with van der Waals surface area (Å²) in [6.07, 6.45) is 2.49. The van der Waals surface area contributed by atoms with Crippen LogP contribution in [0.25, 0.3) is 22.2 Å². The van der Waals surface area contributed by atoms with Crippen LogP contribution in [0.4, 0.5) is 0 Å². The van der Waals surface area contributed by atoms with Crippen LogP contribution in [0.15, 0.2) is 42.5 Å². The Morgan fingerprint density at radius 2 is 1.93 bits per heavy atom. The Hall–Kier alpha value is -1.81. The SMILES string of the molecule is CNCCN1CCC(c2ccc3[nH]c(-c4ccccc4Cl)c(C)c3c2)CC1. The first-order valence-corrected chi connectivity index (χ1v) is 10.3. The molecule has 27 heavy (non-hydrogen) atoms. The van der Waals surface area contributed by atoms with Crippen molar-refractivity contribution in [2.45, 2.75) is 25.7 Å². The fraction of sp³-hybridized carbons (Fsp3) is 0.391. The zero-order valence-electron chi connectivity index (χ0n) is 16.2. The first-order chi connectivity index (χ1) is 13.2. The van der Waals surface area contributed by atoms with Crippen LogP contribution >= 0.6 is 11.6 Å². The highest BCUT2D eigenvalue weighted by molar-refractivity contribution is 6.33. The summed E-state index contributed by atoms with van der Waals surface area (Å²) in [5.41, 5.74) is 6.16. The first-order valence-electron chi connectivity index (χ1n) is 9.91. The number of likely N-dealkylation sites (N-methyl/N-ethyl adjacent to an activating group) is 1. The molecular weight excluding hydrogens is 354 g/mol. The molecule has 1 fully saturated rings. The Morgan fingerprint density at radius 1 is 1.15 bits per heavy atom. The zero-order valence-corrected chi connectivity index (χ0v) is 16.9. The number of aromatic amines is 1. The van der Waals surface area contributed by atoms with E-state index in [9.17, 15) is 0 Å². The smallest absolute Gasteiger partial charge is 0.0509 e. The predicted molar refractivity (Wildman–Crippen MR) is 116 cm³/mol. The van der Waals surface area contributed by atoms with E-state index in [1.165, 1.54) is 48.0 Å². The second-order valence-corrected chi connectivity index (χ2v) is 8.04. The summed E-state index contributed by atoms with van der Waals surface area (Å²) in [5.74, 6) is 0.665. The van der Waals surface area contributed by atoms with Crippen LogP contribution in [-0.4, -0.2) is 43.1 Å². The number of benzene rings is 2. The average Bonchev–Trinajstić information content (AvgIpc) is 3.03. The maximum Gasteiger partial charge on any atom is 0.0509 e. The van der Waals surface area contributed by atoms with Crippen molar-refractivity contribution in [1.82, 2.24) is 15.2 Å². The van der Waals surface area contributed by atoms with E-state index in [1.807, 2.05) is 25.2 Å². The molecule has 3 aromatic rings. The summed E-state index contributed by atoms with van der Waals surface area (Å²) < 4.78 is 0. The van der Waals surface area contributed by atoms with E-state index in [4.69, 9.17) is 11.6 Å². The van der Waals surface area contributed by atoms with Gasteiger partial charge in [0.1, 0.15) is 0 Å². The largest absolute Gasteiger partial charge is 0.354 e. The number of likely N-dealkylation sites (tertiary alicyclic amines) is 1. The van der Waals surface area contributed by atoms with Crippen LogP contribution in [-0.2, 0) is 0 Å². The van der Waals surface area contributed by atoms with Crippen molar-refractivity contribution in [2.75, 3.05) is 33.2 Å². The first kappa shape index (κ1) is 18.5. The van der Waals surface area contributed by atoms with E-state index in [-0.39, 0.29) is 0 Å². The van der Waals surface area contributed by atoms with E-state index in [0.717, 1.165) is 29.4 Å². The fourth-order valence-electron chi connectivity index (χ4n) is 4.29. The zero-order chi connectivity index (χ0) is 18.8. The Balaban J connectivity index is 1.58. The van der Waals surface area contributed by atoms with E-state index in [1.54, 1.807) is 0 Å². The van der Waals surface area contributed by atoms with Gasteiger partial charge in [-0.1, -0.05) is 35.9 Å². The molecule has 2 N–H and O–H groups in total. The van der Waals surface area contributed by atoms with E-state index in [0.29, 0.717) is 5.92 Å². The highest BCUT2D eigenvalue weighted by Gasteiger charge is 2.21. The third kappa shape index (κ3) is 3.77. The Morgan fingerprint density at radius 3 is 2.67 bits per heavy atom. The molecule has 142 valence electrons. The van der Waals surface area contributed by atoms with Gasteiger partial charge >= 0.3 is 0 Å². The van der Waals surface area contributed by atoms with E-state index < -0.39 is 0 Å². The Kier molecular flexibility index (Phi) is 5.53. The molecule has 0 saturated carbocycles. The number of piperidine rings is 1. The van der Waals surface area contributed by atoms with Crippen molar-refractivity contribution in [1.29, 1.82) is 0 Å². The Bertz CT molecular complexity index is 923. The summed E-state index contributed by atoms with van der Waals surface area (Å²) in [6.45, 7) is 6.81. The molecular formula is C23H28ClN3. The lowest BCUT2D eigenvalue weighted by molar-refractivity contribution is 0.214. The van der Waals surface area contributed by atoms with Gasteiger partial charge in [0.25, 0.3) is 0 Å². The van der Waals surface area contributed by atoms with Crippen molar-refractivity contribution in [3.05, 3.63) is 58.6 Å². The minimum atomic E-state index is 0.665. The molecule has 0 amide bonds. The number of aromatic nitrogens is 1. The van der Waals surface area contributed by atoms with Crippen LogP contribution in [0.3, 0.4) is 0 Å². The molecule has 0 aliphatic carbocycles. The number of halogens is 1. The van der Waals surface area contributed by atoms with Crippen LogP contribution in [0.2, 0.25) is 5.02 Å². The van der Waals surface area contributed by atoms with Crippen molar-refractivity contribution in [3.8, 4) is 11.3 Å². The molecule has 2 aromatic carbocycles. The minimum Gasteiger partial charge on any atom is -0.354 e. The van der Waals surface area contributed by atoms with Crippen LogP contribution < -0.4 is 5.32 Å². The second kappa shape index (κ2) is 8.05. The second-order valence-electron chi connectivity index (χ2n) is 7.63. The standard InChI is InChI=1S/C23H28ClN3/c1-16-20-15-18(17-9-12-27(13-10-17)14-11-25-2)7-8-22(20)26-23(16)19-5-3-4-6-21(19)24/h3-8,15,17,25-26H,9-14H2,1-2H3. The lowest BCUT2D eigenvalue weighted by atomic mass is 9.88. The number of nitrogens with one attached hydrogen (secondary N) is 2. The number of nitrogens with zero attached hydrogens (tertiary/aromatic N) is 1. The van der Waals surface area contributed by atoms with Gasteiger partial charge in [0.15, 0.2) is 0 Å². The molecule has 4 heteroatoms. The third-order valence-corrected chi connectivity index (χ3v) is 6.29. The highest BCUT2D eigenvalue weighted by Crippen LogP contribution is 2.36. The molecule has 0 radical (unpaired) electrons. The van der Waals surface area contributed by atoms with Gasteiger partial charge in [0.05, 0.1) is 5.69 Å². The Labute approximate surface area is 166 Å². The number of hydrogen-bond acceptors (Lipinski definition) is 2. The number of H-pyrrole nitrogens is 1. The summed E-state index contributed by atoms with van der Waals surface area (Å²) in [7, 11) is 2.03. The topological polar surface area (TPSA) is 31.1 Å². The van der Waals surface area contributed by atoms with Gasteiger partial charge in [0, 0.05) is 34.6 Å². The summed E-state index contributed by atoms with van der Waals surface area (Å²) >= 11 is 6.43. The maximum absolute atomic E-state index is 6.43. The summed E-state index contributed by atoms with van der Waals surface area (Å²) in [4.78, 5) is 6.15. The number of hydrogen-bond donors (Lipinski definition) is 2. The molecule has 3 nitrogen and oxygen atoms in total. The molecule has 1 aromatic heterocycles. The third-order valence-electron chi connectivity index (χ3n) is 5.96. The van der Waals surface area contributed by atoms with Crippen LogP contribution in [0.1, 0.15) is 29.9 Å². The van der Waals surface area contributed by atoms with Gasteiger partial charge in [-0.05, 0) is 75.1 Å². The van der Waals surface area contributed by atoms with Crippen molar-refractivity contribution in [2.24, 2.45) is 0 Å². The number of fused-ring (bicyclic) bond motifs is 1.